The van der Waals surface area contributed by atoms with Crippen LogP contribution in [0, 0.1) is 0 Å². The first-order chi connectivity index (χ1) is 13.3. The average Bonchev–Trinajstić information content (AvgIpc) is 3.02. The number of halogens is 1. The fourth-order valence-electron chi connectivity index (χ4n) is 4.84. The summed E-state index contributed by atoms with van der Waals surface area (Å²) in [6.07, 6.45) is 0. The van der Waals surface area contributed by atoms with Crippen LogP contribution in [-0.2, 0) is 5.41 Å². The molecule has 1 aliphatic carbocycles. The van der Waals surface area contributed by atoms with E-state index in [2.05, 4.69) is 78.9 Å². The molecule has 6 rings (SSSR count). The summed E-state index contributed by atoms with van der Waals surface area (Å²) in [5.74, 6) is 1.73. The Labute approximate surface area is 162 Å². The third-order valence-corrected chi connectivity index (χ3v) is 6.03. The van der Waals surface area contributed by atoms with Crippen LogP contribution in [0.1, 0.15) is 22.3 Å². The lowest BCUT2D eigenvalue weighted by atomic mass is 9.66. The highest BCUT2D eigenvalue weighted by Gasteiger charge is 2.51. The van der Waals surface area contributed by atoms with Gasteiger partial charge in [-0.1, -0.05) is 84.4 Å². The van der Waals surface area contributed by atoms with Gasteiger partial charge in [0.2, 0.25) is 0 Å². The van der Waals surface area contributed by atoms with E-state index in [1.165, 1.54) is 27.8 Å². The summed E-state index contributed by atoms with van der Waals surface area (Å²) in [5, 5.41) is 0.683. The molecular formula is C25H15ClO. The number of fused-ring (bicyclic) bond motifs is 5. The molecule has 2 heteroatoms. The normalized spacial score (nSPS) is 18.3. The molecule has 1 nitrogen and oxygen atoms in total. The summed E-state index contributed by atoms with van der Waals surface area (Å²) in [5.41, 5.74) is 7.04. The Morgan fingerprint density at radius 3 is 2.30 bits per heavy atom. The smallest absolute Gasteiger partial charge is 0.133 e. The van der Waals surface area contributed by atoms with Crippen molar-refractivity contribution in [3.05, 3.63) is 118 Å². The maximum Gasteiger partial charge on any atom is 0.133 e. The summed E-state index contributed by atoms with van der Waals surface area (Å²) in [4.78, 5) is 0. The second-order valence-corrected chi connectivity index (χ2v) is 7.52. The third-order valence-electron chi connectivity index (χ3n) is 5.80. The third kappa shape index (κ3) is 1.80. The van der Waals surface area contributed by atoms with Crippen molar-refractivity contribution in [1.29, 1.82) is 0 Å². The lowest BCUT2D eigenvalue weighted by molar-refractivity contribution is 0.438. The highest BCUT2D eigenvalue weighted by Crippen LogP contribution is 2.63. The van der Waals surface area contributed by atoms with Crippen LogP contribution in [0.4, 0.5) is 0 Å². The Morgan fingerprint density at radius 1 is 0.630 bits per heavy atom. The first-order valence-electron chi connectivity index (χ1n) is 9.07. The van der Waals surface area contributed by atoms with Gasteiger partial charge >= 0.3 is 0 Å². The highest BCUT2D eigenvalue weighted by atomic mass is 35.5. The summed E-state index contributed by atoms with van der Waals surface area (Å²) in [6.45, 7) is 0. The molecule has 0 fully saturated rings. The van der Waals surface area contributed by atoms with E-state index in [1.807, 2.05) is 12.1 Å². The van der Waals surface area contributed by atoms with Gasteiger partial charge in [-0.05, 0) is 40.5 Å². The molecule has 2 aliphatic rings. The Morgan fingerprint density at radius 2 is 1.41 bits per heavy atom. The van der Waals surface area contributed by atoms with Crippen LogP contribution < -0.4 is 4.74 Å². The molecule has 0 N–H and O–H groups in total. The largest absolute Gasteiger partial charge is 0.457 e. The van der Waals surface area contributed by atoms with E-state index in [1.54, 1.807) is 0 Å². The quantitative estimate of drug-likeness (QED) is 0.310. The van der Waals surface area contributed by atoms with Gasteiger partial charge in [0.05, 0.1) is 5.41 Å². The lowest BCUT2D eigenvalue weighted by Gasteiger charge is -2.39. The van der Waals surface area contributed by atoms with Gasteiger partial charge in [-0.2, -0.15) is 0 Å². The van der Waals surface area contributed by atoms with Gasteiger partial charge in [0, 0.05) is 16.1 Å². The van der Waals surface area contributed by atoms with Crippen LogP contribution in [0.25, 0.3) is 11.1 Å². The fourth-order valence-corrected chi connectivity index (χ4v) is 5.00. The van der Waals surface area contributed by atoms with Crippen molar-refractivity contribution in [2.24, 2.45) is 0 Å². The Kier molecular flexibility index (Phi) is 2.93. The van der Waals surface area contributed by atoms with E-state index >= 15 is 0 Å². The molecule has 0 saturated heterocycles. The average molecular weight is 367 g/mol. The molecule has 0 radical (unpaired) electrons. The Bertz CT molecular complexity index is 1210. The van der Waals surface area contributed by atoms with E-state index in [0.29, 0.717) is 5.02 Å². The summed E-state index contributed by atoms with van der Waals surface area (Å²) in [6, 6.07) is 31.7. The van der Waals surface area contributed by atoms with Gasteiger partial charge in [-0.15, -0.1) is 0 Å². The molecule has 1 heterocycles. The molecule has 1 aliphatic heterocycles. The number of hydrogen-bond acceptors (Lipinski definition) is 1. The molecular weight excluding hydrogens is 352 g/mol. The van der Waals surface area contributed by atoms with Crippen LogP contribution in [0.5, 0.6) is 11.5 Å². The van der Waals surface area contributed by atoms with Gasteiger partial charge in [0.1, 0.15) is 11.5 Å². The molecule has 0 saturated carbocycles. The monoisotopic (exact) mass is 366 g/mol. The van der Waals surface area contributed by atoms with E-state index < -0.39 is 0 Å². The second-order valence-electron chi connectivity index (χ2n) is 7.08. The standard InChI is InChI=1S/C25H15ClO/c26-17-13-14-21-23(15-17)27-22-12-6-10-19-18-9-4-5-11-20(18)25(21,24(19)22)16-7-2-1-3-8-16/h1-15H. The van der Waals surface area contributed by atoms with Crippen molar-refractivity contribution >= 4 is 11.6 Å². The molecule has 4 aromatic carbocycles. The van der Waals surface area contributed by atoms with Crippen LogP contribution in [0.15, 0.2) is 91.0 Å². The second kappa shape index (κ2) is 5.25. The van der Waals surface area contributed by atoms with Crippen molar-refractivity contribution in [2.75, 3.05) is 0 Å². The van der Waals surface area contributed by atoms with Crippen LogP contribution in [0.2, 0.25) is 5.02 Å². The molecule has 0 spiro atoms. The molecule has 27 heavy (non-hydrogen) atoms. The van der Waals surface area contributed by atoms with Gasteiger partial charge < -0.3 is 4.74 Å². The van der Waals surface area contributed by atoms with Crippen molar-refractivity contribution in [2.45, 2.75) is 5.41 Å². The number of benzene rings is 4. The maximum atomic E-state index is 6.34. The van der Waals surface area contributed by atoms with Crippen LogP contribution in [0.3, 0.4) is 0 Å². The van der Waals surface area contributed by atoms with E-state index in [-0.39, 0.29) is 5.41 Å². The molecule has 1 atom stereocenters. The van der Waals surface area contributed by atoms with Crippen molar-refractivity contribution in [1.82, 2.24) is 0 Å². The fraction of sp³-hybridized carbons (Fsp3) is 0.0400. The minimum absolute atomic E-state index is 0.387. The summed E-state index contributed by atoms with van der Waals surface area (Å²) in [7, 11) is 0. The zero-order valence-electron chi connectivity index (χ0n) is 14.4. The van der Waals surface area contributed by atoms with Crippen molar-refractivity contribution < 1.29 is 4.74 Å². The van der Waals surface area contributed by atoms with Crippen LogP contribution >= 0.6 is 11.6 Å². The van der Waals surface area contributed by atoms with Gasteiger partial charge in [-0.25, -0.2) is 0 Å². The van der Waals surface area contributed by atoms with Gasteiger partial charge in [-0.3, -0.25) is 0 Å². The number of rotatable bonds is 1. The summed E-state index contributed by atoms with van der Waals surface area (Å²) >= 11 is 6.32. The van der Waals surface area contributed by atoms with Gasteiger partial charge in [0.15, 0.2) is 0 Å². The maximum absolute atomic E-state index is 6.34. The van der Waals surface area contributed by atoms with Gasteiger partial charge in [0.25, 0.3) is 0 Å². The molecule has 0 bridgehead atoms. The highest BCUT2D eigenvalue weighted by molar-refractivity contribution is 6.30. The first-order valence-corrected chi connectivity index (χ1v) is 9.45. The zero-order valence-corrected chi connectivity index (χ0v) is 15.2. The number of ether oxygens (including phenoxy) is 1. The van der Waals surface area contributed by atoms with E-state index in [4.69, 9.17) is 16.3 Å². The Hall–Kier alpha value is -3.03. The SMILES string of the molecule is Clc1ccc2c(c1)Oc1cccc3c1C2(c1ccccc1)c1ccccc1-3. The number of hydrogen-bond donors (Lipinski definition) is 0. The lowest BCUT2D eigenvalue weighted by Crippen LogP contribution is -2.31. The summed E-state index contributed by atoms with van der Waals surface area (Å²) < 4.78 is 6.34. The molecule has 1 unspecified atom stereocenters. The molecule has 128 valence electrons. The van der Waals surface area contributed by atoms with Crippen molar-refractivity contribution in [3.8, 4) is 22.6 Å². The zero-order chi connectivity index (χ0) is 18.0. The molecule has 0 amide bonds. The molecule has 0 aromatic heterocycles. The van der Waals surface area contributed by atoms with Crippen molar-refractivity contribution in [3.63, 3.8) is 0 Å². The predicted octanol–water partition coefficient (Wildman–Crippen LogP) is 6.81. The van der Waals surface area contributed by atoms with E-state index in [9.17, 15) is 0 Å². The van der Waals surface area contributed by atoms with Crippen LogP contribution in [-0.4, -0.2) is 0 Å². The molecule has 4 aromatic rings. The topological polar surface area (TPSA) is 9.23 Å². The minimum Gasteiger partial charge on any atom is -0.457 e. The Balaban J connectivity index is 1.86. The minimum atomic E-state index is -0.387. The first kappa shape index (κ1) is 15.1. The van der Waals surface area contributed by atoms with E-state index in [0.717, 1.165) is 17.1 Å². The predicted molar refractivity (Wildman–Crippen MR) is 109 cm³/mol.